The molecule has 1 heterocycles. The van der Waals surface area contributed by atoms with Crippen LogP contribution < -0.4 is 11.1 Å². The lowest BCUT2D eigenvalue weighted by atomic mass is 10.1. The van der Waals surface area contributed by atoms with Crippen LogP contribution >= 0.6 is 11.5 Å². The van der Waals surface area contributed by atoms with E-state index in [2.05, 4.69) is 33.7 Å². The van der Waals surface area contributed by atoms with Gasteiger partial charge in [-0.3, -0.25) is 0 Å². The van der Waals surface area contributed by atoms with Gasteiger partial charge in [0.1, 0.15) is 6.33 Å². The van der Waals surface area contributed by atoms with Gasteiger partial charge in [-0.15, -0.1) is 0 Å². The van der Waals surface area contributed by atoms with Gasteiger partial charge in [-0.1, -0.05) is 24.3 Å². The number of aromatic nitrogens is 2. The van der Waals surface area contributed by atoms with Crippen LogP contribution in [0, 0.1) is 0 Å². The monoisotopic (exact) mass is 234 g/mol. The van der Waals surface area contributed by atoms with Crippen LogP contribution in [0.3, 0.4) is 0 Å². The summed E-state index contributed by atoms with van der Waals surface area (Å²) in [7, 11) is 0. The molecule has 2 rings (SSSR count). The van der Waals surface area contributed by atoms with Gasteiger partial charge in [0.2, 0.25) is 5.13 Å². The Morgan fingerprint density at radius 1 is 1.38 bits per heavy atom. The van der Waals surface area contributed by atoms with Crippen LogP contribution in [0.15, 0.2) is 30.6 Å². The average Bonchev–Trinajstić information content (AvgIpc) is 2.82. The average molecular weight is 234 g/mol. The van der Waals surface area contributed by atoms with Crippen molar-refractivity contribution >= 4 is 16.7 Å². The first-order valence-corrected chi connectivity index (χ1v) is 5.89. The summed E-state index contributed by atoms with van der Waals surface area (Å²) in [5.41, 5.74) is 7.91. The van der Waals surface area contributed by atoms with Crippen LogP contribution in [-0.2, 0) is 6.54 Å². The molecule has 0 radical (unpaired) electrons. The van der Waals surface area contributed by atoms with Crippen molar-refractivity contribution in [3.63, 3.8) is 0 Å². The molecule has 0 fully saturated rings. The van der Waals surface area contributed by atoms with Crippen molar-refractivity contribution in [2.45, 2.75) is 19.5 Å². The molecular formula is C11H14N4S. The number of hydrogen-bond acceptors (Lipinski definition) is 5. The normalized spacial score (nSPS) is 12.4. The summed E-state index contributed by atoms with van der Waals surface area (Å²) < 4.78 is 3.95. The van der Waals surface area contributed by atoms with E-state index in [1.54, 1.807) is 6.33 Å². The van der Waals surface area contributed by atoms with Gasteiger partial charge in [0.05, 0.1) is 6.04 Å². The molecule has 2 aromatic rings. The lowest BCUT2D eigenvalue weighted by Gasteiger charge is -2.13. The molecule has 0 saturated carbocycles. The highest BCUT2D eigenvalue weighted by molar-refractivity contribution is 7.09. The van der Waals surface area contributed by atoms with Crippen LogP contribution in [0.4, 0.5) is 5.13 Å². The van der Waals surface area contributed by atoms with Crippen molar-refractivity contribution < 1.29 is 0 Å². The van der Waals surface area contributed by atoms with E-state index in [1.165, 1.54) is 17.1 Å². The molecule has 1 unspecified atom stereocenters. The van der Waals surface area contributed by atoms with Crippen molar-refractivity contribution in [2.75, 3.05) is 5.32 Å². The first-order valence-electron chi connectivity index (χ1n) is 5.11. The van der Waals surface area contributed by atoms with E-state index >= 15 is 0 Å². The third-order valence-electron chi connectivity index (χ3n) is 2.42. The van der Waals surface area contributed by atoms with Crippen molar-refractivity contribution in [2.24, 2.45) is 5.73 Å². The molecule has 4 nitrogen and oxygen atoms in total. The van der Waals surface area contributed by atoms with Gasteiger partial charge in [-0.05, 0) is 18.1 Å². The number of rotatable bonds is 4. The molecule has 0 spiro atoms. The minimum absolute atomic E-state index is 0.222. The van der Waals surface area contributed by atoms with Crippen molar-refractivity contribution in [1.29, 1.82) is 0 Å². The van der Waals surface area contributed by atoms with Gasteiger partial charge < -0.3 is 11.1 Å². The summed E-state index contributed by atoms with van der Waals surface area (Å²) in [6, 6.07) is 8.49. The fourth-order valence-electron chi connectivity index (χ4n) is 1.45. The maximum absolute atomic E-state index is 5.55. The van der Waals surface area contributed by atoms with E-state index in [4.69, 9.17) is 5.73 Å². The molecular weight excluding hydrogens is 220 g/mol. The molecule has 5 heteroatoms. The van der Waals surface area contributed by atoms with Crippen molar-refractivity contribution in [3.05, 3.63) is 41.7 Å². The Kier molecular flexibility index (Phi) is 3.48. The zero-order valence-electron chi connectivity index (χ0n) is 9.05. The number of hydrogen-bond donors (Lipinski definition) is 2. The fourth-order valence-corrected chi connectivity index (χ4v) is 1.97. The second kappa shape index (κ2) is 5.05. The van der Waals surface area contributed by atoms with E-state index in [0.29, 0.717) is 6.54 Å². The highest BCUT2D eigenvalue weighted by atomic mass is 32.1. The predicted octanol–water partition coefficient (Wildman–Crippen LogP) is 2.17. The number of anilines is 1. The molecule has 0 aliphatic carbocycles. The minimum atomic E-state index is 0.222. The standard InChI is InChI=1S/C11H14N4S/c1-8(15-11-13-7-14-16-11)10-4-2-9(6-12)3-5-10/h2-5,7-8H,6,12H2,1H3,(H,13,14,15). The zero-order chi connectivity index (χ0) is 11.4. The second-order valence-electron chi connectivity index (χ2n) is 3.56. The van der Waals surface area contributed by atoms with E-state index in [0.717, 1.165) is 10.7 Å². The summed E-state index contributed by atoms with van der Waals surface area (Å²) in [5.74, 6) is 0. The Balaban J connectivity index is 2.05. The number of benzene rings is 1. The zero-order valence-corrected chi connectivity index (χ0v) is 9.87. The van der Waals surface area contributed by atoms with Crippen LogP contribution in [-0.4, -0.2) is 9.36 Å². The van der Waals surface area contributed by atoms with Crippen molar-refractivity contribution in [1.82, 2.24) is 9.36 Å². The third kappa shape index (κ3) is 2.56. The first-order chi connectivity index (χ1) is 7.79. The van der Waals surface area contributed by atoms with E-state index in [1.807, 2.05) is 12.1 Å². The fraction of sp³-hybridized carbons (Fsp3) is 0.273. The van der Waals surface area contributed by atoms with Gasteiger partial charge in [0.15, 0.2) is 0 Å². The highest BCUT2D eigenvalue weighted by Gasteiger charge is 2.06. The Labute approximate surface area is 98.7 Å². The molecule has 3 N–H and O–H groups in total. The Bertz CT molecular complexity index is 424. The molecule has 0 bridgehead atoms. The Morgan fingerprint density at radius 3 is 2.69 bits per heavy atom. The quantitative estimate of drug-likeness (QED) is 0.851. The molecule has 0 amide bonds. The topological polar surface area (TPSA) is 63.8 Å². The largest absolute Gasteiger partial charge is 0.354 e. The van der Waals surface area contributed by atoms with Gasteiger partial charge in [0, 0.05) is 18.1 Å². The molecule has 16 heavy (non-hydrogen) atoms. The number of nitrogens with one attached hydrogen (secondary N) is 1. The summed E-state index contributed by atoms with van der Waals surface area (Å²) in [6.45, 7) is 2.68. The molecule has 1 aromatic carbocycles. The highest BCUT2D eigenvalue weighted by Crippen LogP contribution is 2.19. The summed E-state index contributed by atoms with van der Waals surface area (Å²) in [5, 5.41) is 4.13. The number of nitrogens with two attached hydrogens (primary N) is 1. The molecule has 0 aliphatic rings. The van der Waals surface area contributed by atoms with Crippen LogP contribution in [0.5, 0.6) is 0 Å². The lowest BCUT2D eigenvalue weighted by Crippen LogP contribution is -2.06. The Hall–Kier alpha value is -1.46. The van der Waals surface area contributed by atoms with Crippen LogP contribution in [0.1, 0.15) is 24.1 Å². The van der Waals surface area contributed by atoms with Crippen molar-refractivity contribution in [3.8, 4) is 0 Å². The molecule has 0 saturated heterocycles. The van der Waals surface area contributed by atoms with Gasteiger partial charge in [-0.2, -0.15) is 4.37 Å². The molecule has 0 aliphatic heterocycles. The van der Waals surface area contributed by atoms with E-state index in [-0.39, 0.29) is 6.04 Å². The molecule has 84 valence electrons. The molecule has 1 aromatic heterocycles. The maximum atomic E-state index is 5.55. The first kappa shape index (κ1) is 11.0. The van der Waals surface area contributed by atoms with Crippen LogP contribution in [0.25, 0.3) is 0 Å². The third-order valence-corrected chi connectivity index (χ3v) is 3.01. The maximum Gasteiger partial charge on any atom is 0.202 e. The second-order valence-corrected chi connectivity index (χ2v) is 4.34. The summed E-state index contributed by atoms with van der Waals surface area (Å²) in [6.07, 6.45) is 1.55. The van der Waals surface area contributed by atoms with Gasteiger partial charge in [0.25, 0.3) is 0 Å². The number of nitrogens with zero attached hydrogens (tertiary/aromatic N) is 2. The minimum Gasteiger partial charge on any atom is -0.354 e. The lowest BCUT2D eigenvalue weighted by molar-refractivity contribution is 0.879. The summed E-state index contributed by atoms with van der Waals surface area (Å²) >= 11 is 1.36. The smallest absolute Gasteiger partial charge is 0.202 e. The molecule has 1 atom stereocenters. The van der Waals surface area contributed by atoms with Gasteiger partial charge >= 0.3 is 0 Å². The van der Waals surface area contributed by atoms with Crippen LogP contribution in [0.2, 0.25) is 0 Å². The Morgan fingerprint density at radius 2 is 2.12 bits per heavy atom. The summed E-state index contributed by atoms with van der Waals surface area (Å²) in [4.78, 5) is 4.09. The van der Waals surface area contributed by atoms with E-state index in [9.17, 15) is 0 Å². The predicted molar refractivity (Wildman–Crippen MR) is 66.3 cm³/mol. The SMILES string of the molecule is CC(Nc1ncns1)c1ccc(CN)cc1. The van der Waals surface area contributed by atoms with E-state index < -0.39 is 0 Å². The van der Waals surface area contributed by atoms with Gasteiger partial charge in [-0.25, -0.2) is 4.98 Å².